The predicted octanol–water partition coefficient (Wildman–Crippen LogP) is 3.29. The van der Waals surface area contributed by atoms with Gasteiger partial charge in [0, 0.05) is 6.04 Å². The molecular weight excluding hydrogens is 201 g/mol. The molecule has 1 aromatic rings. The first-order valence-corrected chi connectivity index (χ1v) is 5.92. The fraction of sp³-hybridized carbons (Fsp3) is 0.429. The average Bonchev–Trinajstić information content (AvgIpc) is 3.04. The Kier molecular flexibility index (Phi) is 3.73. The van der Waals surface area contributed by atoms with Crippen LogP contribution in [0.15, 0.2) is 24.3 Å². The van der Waals surface area contributed by atoms with Crippen molar-refractivity contribution >= 4 is 6.08 Å². The van der Waals surface area contributed by atoms with E-state index in [1.165, 1.54) is 18.9 Å². The number of rotatable bonds is 5. The van der Waals surface area contributed by atoms with Gasteiger partial charge < -0.3 is 5.32 Å². The number of aryl methyl sites for hydroxylation is 1. The maximum Gasteiger partial charge on any atom is 0.123 e. The highest BCUT2D eigenvalue weighted by molar-refractivity contribution is 5.53. The number of halogens is 1. The van der Waals surface area contributed by atoms with Crippen molar-refractivity contribution in [2.24, 2.45) is 0 Å². The van der Waals surface area contributed by atoms with E-state index in [-0.39, 0.29) is 5.82 Å². The zero-order valence-electron chi connectivity index (χ0n) is 9.67. The third-order valence-corrected chi connectivity index (χ3v) is 2.85. The molecule has 1 saturated carbocycles. The summed E-state index contributed by atoms with van der Waals surface area (Å²) in [6, 6.07) is 5.69. The molecule has 0 unspecified atom stereocenters. The minimum absolute atomic E-state index is 0.162. The number of nitrogens with one attached hydrogen (secondary N) is 1. The van der Waals surface area contributed by atoms with Crippen LogP contribution in [0.1, 0.15) is 30.4 Å². The minimum atomic E-state index is -0.162. The molecule has 1 fully saturated rings. The van der Waals surface area contributed by atoms with Gasteiger partial charge in [-0.05, 0) is 56.0 Å². The molecule has 0 saturated heterocycles. The lowest BCUT2D eigenvalue weighted by Gasteiger charge is -2.00. The second-order valence-corrected chi connectivity index (χ2v) is 4.42. The van der Waals surface area contributed by atoms with Gasteiger partial charge in [0.2, 0.25) is 0 Å². The van der Waals surface area contributed by atoms with Crippen molar-refractivity contribution in [3.63, 3.8) is 0 Å². The third-order valence-electron chi connectivity index (χ3n) is 2.85. The molecule has 0 amide bonds. The summed E-state index contributed by atoms with van der Waals surface area (Å²) in [7, 11) is 0. The van der Waals surface area contributed by atoms with Gasteiger partial charge in [0.1, 0.15) is 5.82 Å². The van der Waals surface area contributed by atoms with Crippen LogP contribution in [0.5, 0.6) is 0 Å². The molecule has 0 heterocycles. The Morgan fingerprint density at radius 1 is 1.44 bits per heavy atom. The maximum atomic E-state index is 12.9. The lowest BCUT2D eigenvalue weighted by atomic mass is 10.1. The van der Waals surface area contributed by atoms with Crippen LogP contribution < -0.4 is 5.32 Å². The molecule has 0 bridgehead atoms. The summed E-state index contributed by atoms with van der Waals surface area (Å²) in [6.45, 7) is 2.98. The van der Waals surface area contributed by atoms with Gasteiger partial charge in [0.05, 0.1) is 0 Å². The minimum Gasteiger partial charge on any atom is -0.314 e. The van der Waals surface area contributed by atoms with Gasteiger partial charge in [0.15, 0.2) is 0 Å². The summed E-state index contributed by atoms with van der Waals surface area (Å²) in [5, 5.41) is 3.46. The summed E-state index contributed by atoms with van der Waals surface area (Å²) in [4.78, 5) is 0. The topological polar surface area (TPSA) is 12.0 Å². The summed E-state index contributed by atoms with van der Waals surface area (Å²) in [5.74, 6) is -0.162. The SMILES string of the molecule is Cc1cc(F)ccc1C=CCCNC1CC1. The molecule has 0 aliphatic heterocycles. The lowest BCUT2D eigenvalue weighted by Crippen LogP contribution is -2.16. The van der Waals surface area contributed by atoms with E-state index < -0.39 is 0 Å². The van der Waals surface area contributed by atoms with Gasteiger partial charge in [-0.15, -0.1) is 0 Å². The zero-order chi connectivity index (χ0) is 11.4. The first-order chi connectivity index (χ1) is 7.75. The molecule has 1 aliphatic carbocycles. The van der Waals surface area contributed by atoms with E-state index in [0.29, 0.717) is 0 Å². The highest BCUT2D eigenvalue weighted by Gasteiger charge is 2.19. The van der Waals surface area contributed by atoms with E-state index in [4.69, 9.17) is 0 Å². The van der Waals surface area contributed by atoms with Crippen LogP contribution in [0, 0.1) is 12.7 Å². The van der Waals surface area contributed by atoms with Crippen LogP contribution >= 0.6 is 0 Å². The Hall–Kier alpha value is -1.15. The molecule has 0 radical (unpaired) electrons. The quantitative estimate of drug-likeness (QED) is 0.749. The number of hydrogen-bond acceptors (Lipinski definition) is 1. The Labute approximate surface area is 96.4 Å². The Morgan fingerprint density at radius 3 is 2.94 bits per heavy atom. The van der Waals surface area contributed by atoms with E-state index in [0.717, 1.165) is 30.1 Å². The van der Waals surface area contributed by atoms with Gasteiger partial charge in [0.25, 0.3) is 0 Å². The van der Waals surface area contributed by atoms with Crippen molar-refractivity contribution < 1.29 is 4.39 Å². The van der Waals surface area contributed by atoms with Gasteiger partial charge in [-0.3, -0.25) is 0 Å². The Balaban J connectivity index is 1.79. The normalized spacial score (nSPS) is 15.9. The fourth-order valence-corrected chi connectivity index (χ4v) is 1.69. The molecule has 2 heteroatoms. The predicted molar refractivity (Wildman–Crippen MR) is 65.8 cm³/mol. The molecule has 0 spiro atoms. The molecule has 1 aromatic carbocycles. The number of benzene rings is 1. The summed E-state index contributed by atoms with van der Waals surface area (Å²) >= 11 is 0. The smallest absolute Gasteiger partial charge is 0.123 e. The monoisotopic (exact) mass is 219 g/mol. The van der Waals surface area contributed by atoms with Crippen molar-refractivity contribution in [2.45, 2.75) is 32.2 Å². The van der Waals surface area contributed by atoms with E-state index in [9.17, 15) is 4.39 Å². The van der Waals surface area contributed by atoms with E-state index in [2.05, 4.69) is 17.5 Å². The Morgan fingerprint density at radius 2 is 2.25 bits per heavy atom. The van der Waals surface area contributed by atoms with Crippen LogP contribution in [-0.2, 0) is 0 Å². The molecule has 1 N–H and O–H groups in total. The first kappa shape index (κ1) is 11.3. The second-order valence-electron chi connectivity index (χ2n) is 4.42. The molecular formula is C14H18FN. The Bertz CT molecular complexity index is 380. The highest BCUT2D eigenvalue weighted by Crippen LogP contribution is 2.18. The first-order valence-electron chi connectivity index (χ1n) is 5.92. The van der Waals surface area contributed by atoms with Crippen LogP contribution in [-0.4, -0.2) is 12.6 Å². The van der Waals surface area contributed by atoms with Crippen LogP contribution in [0.25, 0.3) is 6.08 Å². The van der Waals surface area contributed by atoms with Crippen LogP contribution in [0.2, 0.25) is 0 Å². The number of hydrogen-bond donors (Lipinski definition) is 1. The van der Waals surface area contributed by atoms with Crippen LogP contribution in [0.4, 0.5) is 4.39 Å². The maximum absolute atomic E-state index is 12.9. The molecule has 0 aromatic heterocycles. The highest BCUT2D eigenvalue weighted by atomic mass is 19.1. The van der Waals surface area contributed by atoms with Gasteiger partial charge in [-0.2, -0.15) is 0 Å². The second kappa shape index (κ2) is 5.26. The van der Waals surface area contributed by atoms with Crippen LogP contribution in [0.3, 0.4) is 0 Å². The summed E-state index contributed by atoms with van der Waals surface area (Å²) in [6.07, 6.45) is 7.92. The zero-order valence-corrected chi connectivity index (χ0v) is 9.67. The lowest BCUT2D eigenvalue weighted by molar-refractivity contribution is 0.626. The molecule has 86 valence electrons. The van der Waals surface area contributed by atoms with Gasteiger partial charge in [-0.1, -0.05) is 18.2 Å². The molecule has 1 nitrogen and oxygen atoms in total. The van der Waals surface area contributed by atoms with E-state index in [1.54, 1.807) is 6.07 Å². The van der Waals surface area contributed by atoms with Crippen molar-refractivity contribution in [3.05, 3.63) is 41.2 Å². The standard InChI is InChI=1S/C14H18FN/c1-11-10-13(15)6-5-12(11)4-2-3-9-16-14-7-8-14/h2,4-6,10,14,16H,3,7-9H2,1H3. The third kappa shape index (κ3) is 3.46. The van der Waals surface area contributed by atoms with Crippen molar-refractivity contribution in [3.8, 4) is 0 Å². The van der Waals surface area contributed by atoms with E-state index in [1.807, 2.05) is 13.0 Å². The average molecular weight is 219 g/mol. The fourth-order valence-electron chi connectivity index (χ4n) is 1.69. The van der Waals surface area contributed by atoms with E-state index >= 15 is 0 Å². The molecule has 2 rings (SSSR count). The van der Waals surface area contributed by atoms with Crippen molar-refractivity contribution in [1.29, 1.82) is 0 Å². The molecule has 1 aliphatic rings. The summed E-state index contributed by atoms with van der Waals surface area (Å²) in [5.41, 5.74) is 2.10. The van der Waals surface area contributed by atoms with Gasteiger partial charge in [-0.25, -0.2) is 4.39 Å². The molecule has 0 atom stereocenters. The summed E-state index contributed by atoms with van der Waals surface area (Å²) < 4.78 is 12.9. The van der Waals surface area contributed by atoms with Crippen molar-refractivity contribution in [1.82, 2.24) is 5.32 Å². The largest absolute Gasteiger partial charge is 0.314 e. The van der Waals surface area contributed by atoms with Gasteiger partial charge >= 0.3 is 0 Å². The molecule has 16 heavy (non-hydrogen) atoms. The van der Waals surface area contributed by atoms with Crippen molar-refractivity contribution in [2.75, 3.05) is 6.54 Å².